The lowest BCUT2D eigenvalue weighted by Gasteiger charge is -2.14. The van der Waals surface area contributed by atoms with Crippen LogP contribution in [0, 0.1) is 0 Å². The first-order valence-electron chi connectivity index (χ1n) is 6.97. The Labute approximate surface area is 122 Å². The van der Waals surface area contributed by atoms with Gasteiger partial charge in [-0.25, -0.2) is 4.63 Å². The second-order valence-corrected chi connectivity index (χ2v) is 5.63. The first kappa shape index (κ1) is 13.8. The number of aromatic nitrogens is 3. The predicted molar refractivity (Wildman–Crippen MR) is 77.6 cm³/mol. The van der Waals surface area contributed by atoms with Crippen LogP contribution in [0.1, 0.15) is 36.8 Å². The highest BCUT2D eigenvalue weighted by Crippen LogP contribution is 2.17. The summed E-state index contributed by atoms with van der Waals surface area (Å²) in [4.78, 5) is 2.17. The molecule has 0 bridgehead atoms. The fourth-order valence-electron chi connectivity index (χ4n) is 2.24. The van der Waals surface area contributed by atoms with Crippen molar-refractivity contribution < 1.29 is 9.15 Å². The number of benzene rings is 1. The number of fused-ring (bicyclic) bond motifs is 1. The van der Waals surface area contributed by atoms with Crippen LogP contribution < -0.4 is 0 Å². The van der Waals surface area contributed by atoms with Crippen LogP contribution in [0.3, 0.4) is 0 Å². The van der Waals surface area contributed by atoms with Gasteiger partial charge in [-0.2, -0.15) is 0 Å². The molecule has 0 spiro atoms. The van der Waals surface area contributed by atoms with E-state index < -0.39 is 0 Å². The molecule has 21 heavy (non-hydrogen) atoms. The summed E-state index contributed by atoms with van der Waals surface area (Å²) in [5, 5.41) is 11.7. The van der Waals surface area contributed by atoms with Crippen LogP contribution in [0.25, 0.3) is 11.0 Å². The van der Waals surface area contributed by atoms with Gasteiger partial charge >= 0.3 is 0 Å². The van der Waals surface area contributed by atoms with Gasteiger partial charge in [-0.3, -0.25) is 4.90 Å². The van der Waals surface area contributed by atoms with Gasteiger partial charge in [0, 0.05) is 12.6 Å². The van der Waals surface area contributed by atoms with Gasteiger partial charge in [0.05, 0.1) is 12.2 Å². The molecule has 6 heteroatoms. The highest BCUT2D eigenvalue weighted by atomic mass is 16.6. The minimum atomic E-state index is 0.384. The molecule has 0 saturated carbocycles. The topological polar surface area (TPSA) is 68.2 Å². The number of hydrogen-bond acceptors (Lipinski definition) is 6. The van der Waals surface area contributed by atoms with Gasteiger partial charge in [-0.1, -0.05) is 25.1 Å². The van der Waals surface area contributed by atoms with E-state index in [4.69, 9.17) is 9.15 Å². The molecule has 0 amide bonds. The molecule has 3 aromatic rings. The summed E-state index contributed by atoms with van der Waals surface area (Å²) >= 11 is 0. The predicted octanol–water partition coefficient (Wildman–Crippen LogP) is 2.97. The van der Waals surface area contributed by atoms with Gasteiger partial charge in [-0.05, 0) is 41.0 Å². The normalized spacial score (nSPS) is 11.9. The molecule has 0 aliphatic carbocycles. The monoisotopic (exact) mass is 286 g/mol. The maximum absolute atomic E-state index is 5.36. The molecule has 1 aromatic carbocycles. The van der Waals surface area contributed by atoms with Crippen molar-refractivity contribution in [3.8, 4) is 0 Å². The molecule has 0 unspecified atom stereocenters. The first-order valence-corrected chi connectivity index (χ1v) is 6.97. The smallest absolute Gasteiger partial charge is 0.150 e. The van der Waals surface area contributed by atoms with Gasteiger partial charge in [0.1, 0.15) is 11.0 Å². The Balaban J connectivity index is 1.66. The molecule has 0 aliphatic rings. The van der Waals surface area contributed by atoms with Crippen molar-refractivity contribution in [2.24, 2.45) is 0 Å². The van der Waals surface area contributed by atoms with E-state index in [9.17, 15) is 0 Å². The van der Waals surface area contributed by atoms with Crippen LogP contribution in [-0.4, -0.2) is 27.4 Å². The summed E-state index contributed by atoms with van der Waals surface area (Å²) < 4.78 is 10.1. The SMILES string of the molecule is CC(C)c1cc(CN(C)Cc2ccc3nonc3c2)on1. The Bertz CT molecular complexity index is 732. The summed E-state index contributed by atoms with van der Waals surface area (Å²) in [6.07, 6.45) is 0. The average Bonchev–Trinajstić information content (AvgIpc) is 3.06. The molecule has 2 heterocycles. The quantitative estimate of drug-likeness (QED) is 0.718. The molecule has 2 aromatic heterocycles. The van der Waals surface area contributed by atoms with Crippen LogP contribution in [0.2, 0.25) is 0 Å². The molecular formula is C15H18N4O2. The Morgan fingerprint density at radius 3 is 2.62 bits per heavy atom. The van der Waals surface area contributed by atoms with Crippen molar-refractivity contribution in [1.29, 1.82) is 0 Å². The standard InChI is InChI=1S/C15H18N4O2/c1-10(2)14-7-12(20-16-14)9-19(3)8-11-4-5-13-15(6-11)18-21-17-13/h4-7,10H,8-9H2,1-3H3. The van der Waals surface area contributed by atoms with Crippen molar-refractivity contribution >= 4 is 11.0 Å². The molecule has 0 N–H and O–H groups in total. The van der Waals surface area contributed by atoms with Gasteiger partial charge in [0.25, 0.3) is 0 Å². The summed E-state index contributed by atoms with van der Waals surface area (Å²) in [6.45, 7) is 5.72. The molecule has 6 nitrogen and oxygen atoms in total. The Morgan fingerprint density at radius 2 is 1.86 bits per heavy atom. The summed E-state index contributed by atoms with van der Waals surface area (Å²) in [5.41, 5.74) is 3.71. The van der Waals surface area contributed by atoms with E-state index >= 15 is 0 Å². The van der Waals surface area contributed by atoms with E-state index in [-0.39, 0.29) is 0 Å². The first-order chi connectivity index (χ1) is 10.1. The average molecular weight is 286 g/mol. The van der Waals surface area contributed by atoms with Gasteiger partial charge in [0.15, 0.2) is 5.76 Å². The second-order valence-electron chi connectivity index (χ2n) is 5.63. The molecule has 0 radical (unpaired) electrons. The van der Waals surface area contributed by atoms with E-state index in [0.717, 1.165) is 41.1 Å². The van der Waals surface area contributed by atoms with E-state index in [0.29, 0.717) is 5.92 Å². The number of hydrogen-bond donors (Lipinski definition) is 0. The van der Waals surface area contributed by atoms with Crippen molar-refractivity contribution in [3.63, 3.8) is 0 Å². The van der Waals surface area contributed by atoms with Crippen molar-refractivity contribution in [1.82, 2.24) is 20.4 Å². The minimum Gasteiger partial charge on any atom is -0.360 e. The second kappa shape index (κ2) is 5.65. The zero-order valence-corrected chi connectivity index (χ0v) is 12.4. The highest BCUT2D eigenvalue weighted by molar-refractivity contribution is 5.73. The fraction of sp³-hybridized carbons (Fsp3) is 0.400. The zero-order chi connectivity index (χ0) is 14.8. The number of rotatable bonds is 5. The summed E-state index contributed by atoms with van der Waals surface area (Å²) in [6, 6.07) is 7.96. The molecule has 0 saturated heterocycles. The lowest BCUT2D eigenvalue weighted by Crippen LogP contribution is -2.16. The van der Waals surface area contributed by atoms with Crippen LogP contribution in [0.4, 0.5) is 0 Å². The van der Waals surface area contributed by atoms with Crippen LogP contribution in [0.5, 0.6) is 0 Å². The fourth-order valence-corrected chi connectivity index (χ4v) is 2.24. The molecule has 3 rings (SSSR count). The minimum absolute atomic E-state index is 0.384. The molecule has 0 aliphatic heterocycles. The van der Waals surface area contributed by atoms with E-state index in [1.165, 1.54) is 0 Å². The Kier molecular flexibility index (Phi) is 3.70. The zero-order valence-electron chi connectivity index (χ0n) is 12.4. The lowest BCUT2D eigenvalue weighted by molar-refractivity contribution is 0.265. The molecule has 0 fully saturated rings. The third-order valence-corrected chi connectivity index (χ3v) is 3.37. The Morgan fingerprint density at radius 1 is 1.05 bits per heavy atom. The van der Waals surface area contributed by atoms with Crippen LogP contribution in [-0.2, 0) is 13.1 Å². The molecule has 110 valence electrons. The van der Waals surface area contributed by atoms with E-state index in [1.807, 2.05) is 31.3 Å². The largest absolute Gasteiger partial charge is 0.360 e. The summed E-state index contributed by atoms with van der Waals surface area (Å²) in [7, 11) is 2.04. The van der Waals surface area contributed by atoms with Crippen molar-refractivity contribution in [3.05, 3.63) is 41.3 Å². The van der Waals surface area contributed by atoms with Crippen LogP contribution in [0.15, 0.2) is 33.4 Å². The van der Waals surface area contributed by atoms with Crippen LogP contribution >= 0.6 is 0 Å². The van der Waals surface area contributed by atoms with E-state index in [2.05, 4.69) is 34.2 Å². The van der Waals surface area contributed by atoms with Gasteiger partial charge in [-0.15, -0.1) is 0 Å². The molecular weight excluding hydrogens is 268 g/mol. The van der Waals surface area contributed by atoms with E-state index in [1.54, 1.807) is 0 Å². The third-order valence-electron chi connectivity index (χ3n) is 3.37. The van der Waals surface area contributed by atoms with Gasteiger partial charge < -0.3 is 4.52 Å². The number of nitrogens with zero attached hydrogens (tertiary/aromatic N) is 4. The van der Waals surface area contributed by atoms with Crippen molar-refractivity contribution in [2.75, 3.05) is 7.05 Å². The highest BCUT2D eigenvalue weighted by Gasteiger charge is 2.10. The lowest BCUT2D eigenvalue weighted by atomic mass is 10.1. The summed E-state index contributed by atoms with van der Waals surface area (Å²) in [5.74, 6) is 1.26. The molecule has 0 atom stereocenters. The van der Waals surface area contributed by atoms with Gasteiger partial charge in [0.2, 0.25) is 0 Å². The maximum Gasteiger partial charge on any atom is 0.150 e. The van der Waals surface area contributed by atoms with Crippen molar-refractivity contribution in [2.45, 2.75) is 32.9 Å². The maximum atomic E-state index is 5.36. The Hall–Kier alpha value is -2.21. The third kappa shape index (κ3) is 3.11.